The van der Waals surface area contributed by atoms with Crippen molar-refractivity contribution in [1.29, 1.82) is 0 Å². The number of Topliss-reactive ketones (excluding diaryl/α,β-unsaturated/α-hetero) is 1. The molecule has 2 unspecified atom stereocenters. The first-order chi connectivity index (χ1) is 8.98. The van der Waals surface area contributed by atoms with Crippen LogP contribution in [-0.2, 0) is 4.79 Å². The van der Waals surface area contributed by atoms with Crippen LogP contribution in [0.2, 0.25) is 0 Å². The van der Waals surface area contributed by atoms with Gasteiger partial charge in [0.2, 0.25) is 0 Å². The van der Waals surface area contributed by atoms with Crippen LogP contribution >= 0.6 is 0 Å². The molecule has 1 aromatic carbocycles. The second-order valence-corrected chi connectivity index (χ2v) is 6.54. The number of aryl methyl sites for hydroxylation is 1. The Hall–Kier alpha value is -1.64. The predicted octanol–water partition coefficient (Wildman–Crippen LogP) is 2.68. The van der Waals surface area contributed by atoms with Crippen LogP contribution in [-0.4, -0.2) is 17.5 Å². The molecule has 1 aliphatic carbocycles. The molecular weight excluding hydrogens is 236 g/mol. The van der Waals surface area contributed by atoms with E-state index in [-0.39, 0.29) is 17.4 Å². The maximum atomic E-state index is 12.5. The normalized spacial score (nSPS) is 28.6. The molecular formula is C16H20N2O. The summed E-state index contributed by atoms with van der Waals surface area (Å²) in [5, 5.41) is 4.47. The molecule has 0 saturated heterocycles. The zero-order valence-corrected chi connectivity index (χ0v) is 11.7. The van der Waals surface area contributed by atoms with Crippen LogP contribution in [0, 0.1) is 18.3 Å². The number of nitrogens with zero attached hydrogens (tertiary/aromatic N) is 1. The van der Waals surface area contributed by atoms with Crippen molar-refractivity contribution in [3.05, 3.63) is 35.4 Å². The van der Waals surface area contributed by atoms with E-state index in [0.717, 1.165) is 17.7 Å². The molecule has 3 rings (SSSR count). The number of rotatable bonds is 1. The van der Waals surface area contributed by atoms with E-state index in [9.17, 15) is 4.79 Å². The van der Waals surface area contributed by atoms with Gasteiger partial charge in [-0.25, -0.2) is 0 Å². The molecule has 3 heteroatoms. The van der Waals surface area contributed by atoms with Gasteiger partial charge in [-0.3, -0.25) is 4.79 Å². The minimum atomic E-state index is -0.0610. The van der Waals surface area contributed by atoms with Gasteiger partial charge in [-0.1, -0.05) is 38.1 Å². The van der Waals surface area contributed by atoms with Gasteiger partial charge < -0.3 is 5.43 Å². The second kappa shape index (κ2) is 4.19. The van der Waals surface area contributed by atoms with Gasteiger partial charge in [0.05, 0.1) is 17.7 Å². The SMILES string of the molecule is Cc1ccccc1C1=NNC2CC(C)(C)CC(=O)C12. The van der Waals surface area contributed by atoms with Crippen LogP contribution < -0.4 is 5.43 Å². The summed E-state index contributed by atoms with van der Waals surface area (Å²) in [6.45, 7) is 6.39. The molecule has 19 heavy (non-hydrogen) atoms. The molecule has 1 fully saturated rings. The van der Waals surface area contributed by atoms with Crippen molar-refractivity contribution in [1.82, 2.24) is 5.43 Å². The Morgan fingerprint density at radius 3 is 2.79 bits per heavy atom. The molecule has 1 saturated carbocycles. The predicted molar refractivity (Wildman–Crippen MR) is 76.2 cm³/mol. The lowest BCUT2D eigenvalue weighted by atomic mass is 9.68. The average Bonchev–Trinajstić information content (AvgIpc) is 2.71. The average molecular weight is 256 g/mol. The third kappa shape index (κ3) is 2.07. The molecule has 1 N–H and O–H groups in total. The van der Waals surface area contributed by atoms with Crippen LogP contribution in [0.15, 0.2) is 29.4 Å². The molecule has 1 heterocycles. The number of benzene rings is 1. The van der Waals surface area contributed by atoms with Crippen LogP contribution in [0.1, 0.15) is 37.8 Å². The summed E-state index contributed by atoms with van der Waals surface area (Å²) in [5.74, 6) is 0.266. The molecule has 0 bridgehead atoms. The first-order valence-corrected chi connectivity index (χ1v) is 6.90. The third-order valence-corrected chi connectivity index (χ3v) is 4.24. The molecule has 1 aromatic rings. The first-order valence-electron chi connectivity index (χ1n) is 6.90. The number of hydrazone groups is 1. The second-order valence-electron chi connectivity index (χ2n) is 6.54. The zero-order chi connectivity index (χ0) is 13.6. The molecule has 100 valence electrons. The van der Waals surface area contributed by atoms with Crippen molar-refractivity contribution in [3.8, 4) is 0 Å². The summed E-state index contributed by atoms with van der Waals surface area (Å²) >= 11 is 0. The highest BCUT2D eigenvalue weighted by molar-refractivity contribution is 6.16. The maximum Gasteiger partial charge on any atom is 0.144 e. The molecule has 3 nitrogen and oxygen atoms in total. The van der Waals surface area contributed by atoms with Gasteiger partial charge in [0, 0.05) is 12.0 Å². The van der Waals surface area contributed by atoms with Gasteiger partial charge in [0.1, 0.15) is 5.78 Å². The van der Waals surface area contributed by atoms with E-state index < -0.39 is 0 Å². The van der Waals surface area contributed by atoms with Gasteiger partial charge in [0.15, 0.2) is 0 Å². The number of hydrogen-bond acceptors (Lipinski definition) is 3. The van der Waals surface area contributed by atoms with Crippen molar-refractivity contribution in [2.24, 2.45) is 16.4 Å². The highest BCUT2D eigenvalue weighted by Gasteiger charge is 2.46. The van der Waals surface area contributed by atoms with Gasteiger partial charge in [-0.2, -0.15) is 5.10 Å². The summed E-state index contributed by atoms with van der Waals surface area (Å²) in [5.41, 5.74) is 6.50. The van der Waals surface area contributed by atoms with Crippen LogP contribution in [0.5, 0.6) is 0 Å². The Kier molecular flexibility index (Phi) is 2.73. The quantitative estimate of drug-likeness (QED) is 0.839. The molecule has 0 aromatic heterocycles. The standard InChI is InChI=1S/C16H20N2O/c1-10-6-4-5-7-11(10)15-14-12(17-18-15)8-16(2,3)9-13(14)19/h4-7,12,14,17H,8-9H2,1-3H3. The minimum absolute atomic E-state index is 0.0610. The van der Waals surface area contributed by atoms with Crippen LogP contribution in [0.25, 0.3) is 0 Å². The van der Waals surface area contributed by atoms with E-state index in [1.54, 1.807) is 0 Å². The molecule has 0 spiro atoms. The number of carbonyl (C=O) groups is 1. The summed E-state index contributed by atoms with van der Waals surface area (Å²) in [4.78, 5) is 12.5. The Morgan fingerprint density at radius 1 is 1.32 bits per heavy atom. The van der Waals surface area contributed by atoms with E-state index in [0.29, 0.717) is 12.2 Å². The van der Waals surface area contributed by atoms with Crippen LogP contribution in [0.4, 0.5) is 0 Å². The molecule has 1 aliphatic heterocycles. The third-order valence-electron chi connectivity index (χ3n) is 4.24. The van der Waals surface area contributed by atoms with E-state index in [2.05, 4.69) is 43.4 Å². The van der Waals surface area contributed by atoms with E-state index in [1.807, 2.05) is 12.1 Å². The first kappa shape index (κ1) is 12.4. The smallest absolute Gasteiger partial charge is 0.144 e. The summed E-state index contributed by atoms with van der Waals surface area (Å²) in [6.07, 6.45) is 1.66. The Morgan fingerprint density at radius 2 is 2.05 bits per heavy atom. The van der Waals surface area contributed by atoms with Crippen molar-refractivity contribution >= 4 is 11.5 Å². The van der Waals surface area contributed by atoms with E-state index >= 15 is 0 Å². The molecule has 0 radical (unpaired) electrons. The minimum Gasteiger partial charge on any atom is -0.306 e. The van der Waals surface area contributed by atoms with Gasteiger partial charge in [-0.15, -0.1) is 0 Å². The van der Waals surface area contributed by atoms with Gasteiger partial charge in [0.25, 0.3) is 0 Å². The molecule has 2 aliphatic rings. The number of ketones is 1. The fourth-order valence-corrected chi connectivity index (χ4v) is 3.36. The topological polar surface area (TPSA) is 41.5 Å². The Labute approximate surface area is 114 Å². The number of hydrogen-bond donors (Lipinski definition) is 1. The number of carbonyl (C=O) groups excluding carboxylic acids is 1. The Balaban J connectivity index is 1.95. The summed E-state index contributed by atoms with van der Waals surface area (Å²) < 4.78 is 0. The maximum absolute atomic E-state index is 12.5. The Bertz CT molecular complexity index is 560. The van der Waals surface area contributed by atoms with E-state index in [4.69, 9.17) is 0 Å². The number of nitrogens with one attached hydrogen (secondary N) is 1. The van der Waals surface area contributed by atoms with Gasteiger partial charge in [-0.05, 0) is 24.3 Å². The van der Waals surface area contributed by atoms with Crippen molar-refractivity contribution in [2.45, 2.75) is 39.7 Å². The fourth-order valence-electron chi connectivity index (χ4n) is 3.36. The molecule has 0 amide bonds. The largest absolute Gasteiger partial charge is 0.306 e. The monoisotopic (exact) mass is 256 g/mol. The van der Waals surface area contributed by atoms with Crippen LogP contribution in [0.3, 0.4) is 0 Å². The number of fused-ring (bicyclic) bond motifs is 1. The molecule has 2 atom stereocenters. The van der Waals surface area contributed by atoms with Crippen molar-refractivity contribution in [2.75, 3.05) is 0 Å². The lowest BCUT2D eigenvalue weighted by Crippen LogP contribution is -2.45. The fraction of sp³-hybridized carbons (Fsp3) is 0.500. The van der Waals surface area contributed by atoms with E-state index in [1.165, 1.54) is 5.56 Å². The van der Waals surface area contributed by atoms with Crippen molar-refractivity contribution < 1.29 is 4.79 Å². The zero-order valence-electron chi connectivity index (χ0n) is 11.7. The highest BCUT2D eigenvalue weighted by atomic mass is 16.1. The highest BCUT2D eigenvalue weighted by Crippen LogP contribution is 2.39. The summed E-state index contributed by atoms with van der Waals surface area (Å²) in [6, 6.07) is 8.33. The van der Waals surface area contributed by atoms with Gasteiger partial charge >= 0.3 is 0 Å². The van der Waals surface area contributed by atoms with Crippen molar-refractivity contribution in [3.63, 3.8) is 0 Å². The summed E-state index contributed by atoms with van der Waals surface area (Å²) in [7, 11) is 0. The lowest BCUT2D eigenvalue weighted by molar-refractivity contribution is -0.126. The lowest BCUT2D eigenvalue weighted by Gasteiger charge is -2.36.